The number of pyridine rings is 1. The third-order valence-electron chi connectivity index (χ3n) is 1.50. The van der Waals surface area contributed by atoms with E-state index in [-0.39, 0.29) is 0 Å². The largest absolute Gasteiger partial charge is 0.387 e. The van der Waals surface area contributed by atoms with E-state index in [2.05, 4.69) is 4.98 Å². The maximum absolute atomic E-state index is 9.21. The molecule has 0 aliphatic carbocycles. The Hall–Kier alpha value is -0.600. The van der Waals surface area contributed by atoms with Gasteiger partial charge in [0.05, 0.1) is 11.8 Å². The van der Waals surface area contributed by atoms with Gasteiger partial charge in [-0.1, -0.05) is 17.7 Å². The van der Waals surface area contributed by atoms with Crippen LogP contribution in [-0.4, -0.2) is 10.1 Å². The lowest BCUT2D eigenvalue weighted by molar-refractivity contribution is 0.193. The molecule has 1 aromatic rings. The molecule has 0 saturated heterocycles. The summed E-state index contributed by atoms with van der Waals surface area (Å²) in [6, 6.07) is 3.56. The maximum atomic E-state index is 9.21. The molecule has 1 aromatic heterocycles. The summed E-state index contributed by atoms with van der Waals surface area (Å²) < 4.78 is 0. The topological polar surface area (TPSA) is 33.1 Å². The van der Waals surface area contributed by atoms with Crippen molar-refractivity contribution in [3.8, 4) is 0 Å². The van der Waals surface area contributed by atoms with Crippen LogP contribution in [0.1, 0.15) is 24.3 Å². The summed E-state index contributed by atoms with van der Waals surface area (Å²) in [4.78, 5) is 3.99. The second-order valence-corrected chi connectivity index (χ2v) is 2.90. The molecule has 0 saturated carbocycles. The van der Waals surface area contributed by atoms with Crippen LogP contribution in [0.2, 0.25) is 5.15 Å². The predicted molar refractivity (Wildman–Crippen MR) is 44.6 cm³/mol. The first-order chi connectivity index (χ1) is 5.11. The Balaban J connectivity index is 3.13. The molecule has 0 aliphatic rings. The van der Waals surface area contributed by atoms with E-state index >= 15 is 0 Å². The quantitative estimate of drug-likeness (QED) is 0.657. The molecule has 1 unspecified atom stereocenters. The molecule has 0 aliphatic heterocycles. The lowest BCUT2D eigenvalue weighted by Crippen LogP contribution is -1.98. The summed E-state index contributed by atoms with van der Waals surface area (Å²) in [6.07, 6.45) is -0.548. The summed E-state index contributed by atoms with van der Waals surface area (Å²) in [7, 11) is 0. The van der Waals surface area contributed by atoms with Crippen LogP contribution in [0.4, 0.5) is 0 Å². The Morgan fingerprint density at radius 3 is 2.64 bits per heavy atom. The van der Waals surface area contributed by atoms with Gasteiger partial charge in [0.15, 0.2) is 0 Å². The van der Waals surface area contributed by atoms with Crippen molar-refractivity contribution < 1.29 is 5.11 Å². The number of aromatic nitrogens is 1. The van der Waals surface area contributed by atoms with E-state index < -0.39 is 6.10 Å². The van der Waals surface area contributed by atoms with Crippen LogP contribution in [0.15, 0.2) is 12.1 Å². The van der Waals surface area contributed by atoms with E-state index in [0.717, 1.165) is 5.56 Å². The summed E-state index contributed by atoms with van der Waals surface area (Å²) >= 11 is 5.64. The number of hydrogen-bond acceptors (Lipinski definition) is 2. The Morgan fingerprint density at radius 2 is 2.18 bits per heavy atom. The zero-order chi connectivity index (χ0) is 8.43. The number of aliphatic hydroxyl groups excluding tert-OH is 1. The van der Waals surface area contributed by atoms with Crippen LogP contribution >= 0.6 is 11.6 Å². The fraction of sp³-hybridized carbons (Fsp3) is 0.375. The van der Waals surface area contributed by atoms with Gasteiger partial charge in [0.2, 0.25) is 0 Å². The van der Waals surface area contributed by atoms with Gasteiger partial charge in [-0.3, -0.25) is 0 Å². The third-order valence-corrected chi connectivity index (χ3v) is 1.71. The summed E-state index contributed by atoms with van der Waals surface area (Å²) in [5.41, 5.74) is 1.61. The van der Waals surface area contributed by atoms with Crippen molar-refractivity contribution in [1.82, 2.24) is 4.98 Å². The van der Waals surface area contributed by atoms with Crippen molar-refractivity contribution in [3.63, 3.8) is 0 Å². The Labute approximate surface area is 70.8 Å². The van der Waals surface area contributed by atoms with Gasteiger partial charge in [-0.05, 0) is 25.5 Å². The molecule has 2 nitrogen and oxygen atoms in total. The Morgan fingerprint density at radius 1 is 1.55 bits per heavy atom. The van der Waals surface area contributed by atoms with E-state index in [1.54, 1.807) is 13.0 Å². The molecule has 3 heteroatoms. The highest BCUT2D eigenvalue weighted by Gasteiger charge is 2.06. The first-order valence-corrected chi connectivity index (χ1v) is 3.80. The predicted octanol–water partition coefficient (Wildman–Crippen LogP) is 2.10. The van der Waals surface area contributed by atoms with E-state index in [1.165, 1.54) is 0 Å². The molecule has 1 rings (SSSR count). The molecular formula is C8H10ClNO. The highest BCUT2D eigenvalue weighted by Crippen LogP contribution is 2.16. The van der Waals surface area contributed by atoms with Crippen LogP contribution in [-0.2, 0) is 0 Å². The fourth-order valence-corrected chi connectivity index (χ4v) is 1.10. The van der Waals surface area contributed by atoms with Crippen LogP contribution in [0, 0.1) is 6.92 Å². The first-order valence-electron chi connectivity index (χ1n) is 3.42. The minimum Gasteiger partial charge on any atom is -0.387 e. The van der Waals surface area contributed by atoms with Crippen molar-refractivity contribution >= 4 is 11.6 Å². The van der Waals surface area contributed by atoms with Gasteiger partial charge >= 0.3 is 0 Å². The van der Waals surface area contributed by atoms with Gasteiger partial charge in [0.25, 0.3) is 0 Å². The number of rotatable bonds is 1. The standard InChI is InChI=1S/C8H10ClNO/c1-5-3-4-7(9)10-8(5)6(2)11/h3-4,6,11H,1-2H3. The van der Waals surface area contributed by atoms with Crippen molar-refractivity contribution in [2.45, 2.75) is 20.0 Å². The molecule has 1 atom stereocenters. The monoisotopic (exact) mass is 171 g/mol. The van der Waals surface area contributed by atoms with Crippen molar-refractivity contribution in [2.75, 3.05) is 0 Å². The summed E-state index contributed by atoms with van der Waals surface area (Å²) in [5, 5.41) is 9.63. The molecule has 1 N–H and O–H groups in total. The Kier molecular flexibility index (Phi) is 2.47. The molecule has 1 heterocycles. The molecule has 0 fully saturated rings. The number of aliphatic hydroxyl groups is 1. The Bertz CT molecular complexity index is 260. The van der Waals surface area contributed by atoms with E-state index in [1.807, 2.05) is 13.0 Å². The van der Waals surface area contributed by atoms with Crippen LogP contribution < -0.4 is 0 Å². The lowest BCUT2D eigenvalue weighted by atomic mass is 10.1. The van der Waals surface area contributed by atoms with E-state index in [0.29, 0.717) is 10.8 Å². The second-order valence-electron chi connectivity index (χ2n) is 2.51. The number of aryl methyl sites for hydroxylation is 1. The lowest BCUT2D eigenvalue weighted by Gasteiger charge is -2.06. The average Bonchev–Trinajstić information content (AvgIpc) is 1.94. The molecule has 11 heavy (non-hydrogen) atoms. The molecule has 60 valence electrons. The van der Waals surface area contributed by atoms with Crippen molar-refractivity contribution in [3.05, 3.63) is 28.5 Å². The molecule has 0 spiro atoms. The molecule has 0 radical (unpaired) electrons. The highest BCUT2D eigenvalue weighted by atomic mass is 35.5. The van der Waals surface area contributed by atoms with Gasteiger partial charge in [0, 0.05) is 0 Å². The number of nitrogens with zero attached hydrogens (tertiary/aromatic N) is 1. The number of halogens is 1. The van der Waals surface area contributed by atoms with Gasteiger partial charge < -0.3 is 5.11 Å². The van der Waals surface area contributed by atoms with Gasteiger partial charge in [-0.25, -0.2) is 4.98 Å². The SMILES string of the molecule is Cc1ccc(Cl)nc1C(C)O. The van der Waals surface area contributed by atoms with Gasteiger partial charge in [-0.15, -0.1) is 0 Å². The summed E-state index contributed by atoms with van der Waals surface area (Å²) in [5.74, 6) is 0. The summed E-state index contributed by atoms with van der Waals surface area (Å²) in [6.45, 7) is 3.57. The molecule has 0 bridgehead atoms. The van der Waals surface area contributed by atoms with Gasteiger partial charge in [0.1, 0.15) is 5.15 Å². The maximum Gasteiger partial charge on any atom is 0.129 e. The van der Waals surface area contributed by atoms with Gasteiger partial charge in [-0.2, -0.15) is 0 Å². The van der Waals surface area contributed by atoms with E-state index in [4.69, 9.17) is 11.6 Å². The average molecular weight is 172 g/mol. The second kappa shape index (κ2) is 3.20. The molecular weight excluding hydrogens is 162 g/mol. The molecule has 0 aromatic carbocycles. The zero-order valence-electron chi connectivity index (χ0n) is 6.50. The molecule has 0 amide bonds. The van der Waals surface area contributed by atoms with Crippen LogP contribution in [0.25, 0.3) is 0 Å². The minimum atomic E-state index is -0.548. The highest BCUT2D eigenvalue weighted by molar-refractivity contribution is 6.29. The normalized spacial score (nSPS) is 13.1. The fourth-order valence-electron chi connectivity index (χ4n) is 0.943. The van der Waals surface area contributed by atoms with Crippen LogP contribution in [0.5, 0.6) is 0 Å². The first kappa shape index (κ1) is 8.50. The van der Waals surface area contributed by atoms with Crippen molar-refractivity contribution in [1.29, 1.82) is 0 Å². The third kappa shape index (κ3) is 1.91. The van der Waals surface area contributed by atoms with Crippen LogP contribution in [0.3, 0.4) is 0 Å². The minimum absolute atomic E-state index is 0.423. The number of hydrogen-bond donors (Lipinski definition) is 1. The van der Waals surface area contributed by atoms with Crippen molar-refractivity contribution in [2.24, 2.45) is 0 Å². The van der Waals surface area contributed by atoms with E-state index in [9.17, 15) is 5.11 Å². The zero-order valence-corrected chi connectivity index (χ0v) is 7.26. The smallest absolute Gasteiger partial charge is 0.129 e.